The molecule has 4 heteroatoms. The van der Waals surface area contributed by atoms with Crippen LogP contribution in [-0.4, -0.2) is 55.4 Å². The topological polar surface area (TPSA) is 19.0 Å². The summed E-state index contributed by atoms with van der Waals surface area (Å²) in [5.74, 6) is 0. The molecule has 76 valence electrons. The van der Waals surface area contributed by atoms with Gasteiger partial charge in [-0.05, 0) is 27.2 Å². The fraction of sp³-hybridized carbons (Fsp3) is 0.778. The Morgan fingerprint density at radius 3 is 2.77 bits per heavy atom. The third-order valence-corrected chi connectivity index (χ3v) is 2.00. The molecule has 1 aliphatic heterocycles. The van der Waals surface area contributed by atoms with Crippen LogP contribution in [0, 0.1) is 0 Å². The lowest BCUT2D eigenvalue weighted by molar-refractivity contribution is -0.238. The van der Waals surface area contributed by atoms with E-state index in [4.69, 9.17) is 4.84 Å². The van der Waals surface area contributed by atoms with E-state index in [-0.39, 0.29) is 6.29 Å². The van der Waals surface area contributed by atoms with Crippen LogP contribution in [0.3, 0.4) is 0 Å². The van der Waals surface area contributed by atoms with Crippen molar-refractivity contribution in [1.82, 2.24) is 14.9 Å². The molecule has 1 aliphatic rings. The summed E-state index contributed by atoms with van der Waals surface area (Å²) in [5, 5.41) is 1.97. The quantitative estimate of drug-likeness (QED) is 0.639. The van der Waals surface area contributed by atoms with Gasteiger partial charge >= 0.3 is 0 Å². The highest BCUT2D eigenvalue weighted by molar-refractivity contribution is 4.90. The molecule has 0 amide bonds. The molecule has 1 heterocycles. The summed E-state index contributed by atoms with van der Waals surface area (Å²) in [6.07, 6.45) is 4.38. The van der Waals surface area contributed by atoms with Crippen molar-refractivity contribution in [3.63, 3.8) is 0 Å². The first kappa shape index (κ1) is 10.5. The van der Waals surface area contributed by atoms with Gasteiger partial charge in [0.2, 0.25) is 0 Å². The number of hydrogen-bond donors (Lipinski definition) is 0. The van der Waals surface area contributed by atoms with Crippen molar-refractivity contribution in [3.05, 3.63) is 12.3 Å². The number of nitrogens with zero attached hydrogens (tertiary/aromatic N) is 3. The second-order valence-corrected chi connectivity index (χ2v) is 3.38. The Morgan fingerprint density at radius 2 is 2.23 bits per heavy atom. The summed E-state index contributed by atoms with van der Waals surface area (Å²) < 4.78 is 0. The molecule has 0 radical (unpaired) electrons. The molecule has 0 aromatic heterocycles. The van der Waals surface area contributed by atoms with Crippen molar-refractivity contribution in [2.45, 2.75) is 13.2 Å². The Bertz CT molecular complexity index is 182. The molecule has 0 spiro atoms. The van der Waals surface area contributed by atoms with Crippen LogP contribution in [0.2, 0.25) is 0 Å². The maximum atomic E-state index is 5.53. The highest BCUT2D eigenvalue weighted by Gasteiger charge is 2.25. The van der Waals surface area contributed by atoms with Crippen LogP contribution in [0.25, 0.3) is 0 Å². The molecular formula is C9H19N3O. The zero-order valence-electron chi connectivity index (χ0n) is 8.90. The predicted octanol–water partition coefficient (Wildman–Crippen LogP) is 0.544. The zero-order valence-corrected chi connectivity index (χ0v) is 8.90. The van der Waals surface area contributed by atoms with E-state index in [1.807, 2.05) is 33.1 Å². The van der Waals surface area contributed by atoms with Gasteiger partial charge in [0.1, 0.15) is 0 Å². The first-order valence-electron chi connectivity index (χ1n) is 4.61. The van der Waals surface area contributed by atoms with Crippen molar-refractivity contribution in [2.75, 3.05) is 34.3 Å². The van der Waals surface area contributed by atoms with Crippen LogP contribution >= 0.6 is 0 Å². The first-order valence-corrected chi connectivity index (χ1v) is 4.61. The van der Waals surface area contributed by atoms with Gasteiger partial charge in [0.05, 0.1) is 6.61 Å². The number of rotatable bonds is 3. The molecule has 4 nitrogen and oxygen atoms in total. The lowest BCUT2D eigenvalue weighted by Crippen LogP contribution is -2.54. The maximum Gasteiger partial charge on any atom is 0.161 e. The SMILES string of the molecule is CCON1CC=CN(C)C1N(C)C. The van der Waals surface area contributed by atoms with Crippen LogP contribution in [0.5, 0.6) is 0 Å². The smallest absolute Gasteiger partial charge is 0.161 e. The van der Waals surface area contributed by atoms with Gasteiger partial charge < -0.3 is 4.90 Å². The minimum Gasteiger partial charge on any atom is -0.351 e. The maximum absolute atomic E-state index is 5.53. The van der Waals surface area contributed by atoms with Gasteiger partial charge in [-0.25, -0.2) is 0 Å². The molecule has 0 fully saturated rings. The molecule has 1 unspecified atom stereocenters. The fourth-order valence-corrected chi connectivity index (χ4v) is 1.60. The van der Waals surface area contributed by atoms with Gasteiger partial charge in [-0.3, -0.25) is 9.74 Å². The molecule has 0 bridgehead atoms. The Kier molecular flexibility index (Phi) is 3.71. The lowest BCUT2D eigenvalue weighted by atomic mass is 10.4. The highest BCUT2D eigenvalue weighted by atomic mass is 16.7. The van der Waals surface area contributed by atoms with Crippen molar-refractivity contribution >= 4 is 0 Å². The summed E-state index contributed by atoms with van der Waals surface area (Å²) in [7, 11) is 6.14. The average molecular weight is 185 g/mol. The van der Waals surface area contributed by atoms with Crippen molar-refractivity contribution in [1.29, 1.82) is 0 Å². The minimum absolute atomic E-state index is 0.199. The van der Waals surface area contributed by atoms with Crippen molar-refractivity contribution in [2.24, 2.45) is 0 Å². The summed E-state index contributed by atoms with van der Waals surface area (Å²) in [5.41, 5.74) is 0. The normalized spacial score (nSPS) is 24.4. The Balaban J connectivity index is 2.65. The third kappa shape index (κ3) is 2.43. The standard InChI is InChI=1S/C9H19N3O/c1-5-13-12-8-6-7-11(4)9(12)10(2)3/h6-7,9H,5,8H2,1-4H3. The van der Waals surface area contributed by atoms with E-state index >= 15 is 0 Å². The van der Waals surface area contributed by atoms with Crippen LogP contribution in [0.4, 0.5) is 0 Å². The van der Waals surface area contributed by atoms with E-state index in [1.54, 1.807) is 0 Å². The molecule has 0 aliphatic carbocycles. The molecule has 0 saturated heterocycles. The second kappa shape index (κ2) is 4.60. The molecule has 0 aromatic rings. The minimum atomic E-state index is 0.199. The molecule has 13 heavy (non-hydrogen) atoms. The molecule has 0 saturated carbocycles. The van der Waals surface area contributed by atoms with Crippen LogP contribution < -0.4 is 0 Å². The Hall–Kier alpha value is -0.580. The largest absolute Gasteiger partial charge is 0.351 e. The van der Waals surface area contributed by atoms with Gasteiger partial charge in [-0.2, -0.15) is 0 Å². The number of hydroxylamine groups is 2. The summed E-state index contributed by atoms with van der Waals surface area (Å²) in [6.45, 7) is 3.57. The van der Waals surface area contributed by atoms with E-state index < -0.39 is 0 Å². The van der Waals surface area contributed by atoms with Crippen LogP contribution in [0.15, 0.2) is 12.3 Å². The van der Waals surface area contributed by atoms with Gasteiger partial charge in [0, 0.05) is 13.6 Å². The Labute approximate surface area is 80.3 Å². The van der Waals surface area contributed by atoms with Crippen LogP contribution in [-0.2, 0) is 4.84 Å². The van der Waals surface area contributed by atoms with E-state index in [2.05, 4.69) is 22.1 Å². The van der Waals surface area contributed by atoms with E-state index in [1.165, 1.54) is 0 Å². The molecule has 1 atom stereocenters. The predicted molar refractivity (Wildman–Crippen MR) is 52.7 cm³/mol. The summed E-state index contributed by atoms with van der Waals surface area (Å²) >= 11 is 0. The zero-order chi connectivity index (χ0) is 9.84. The average Bonchev–Trinajstić information content (AvgIpc) is 2.04. The molecular weight excluding hydrogens is 166 g/mol. The third-order valence-electron chi connectivity index (χ3n) is 2.00. The first-order chi connectivity index (χ1) is 6.16. The van der Waals surface area contributed by atoms with E-state index in [9.17, 15) is 0 Å². The lowest BCUT2D eigenvalue weighted by Gasteiger charge is -2.41. The second-order valence-electron chi connectivity index (χ2n) is 3.38. The molecule has 1 rings (SSSR count). The van der Waals surface area contributed by atoms with Gasteiger partial charge in [-0.15, -0.1) is 5.06 Å². The highest BCUT2D eigenvalue weighted by Crippen LogP contribution is 2.12. The van der Waals surface area contributed by atoms with Crippen molar-refractivity contribution in [3.8, 4) is 0 Å². The monoisotopic (exact) mass is 185 g/mol. The van der Waals surface area contributed by atoms with E-state index in [0.717, 1.165) is 6.54 Å². The summed E-state index contributed by atoms with van der Waals surface area (Å²) in [4.78, 5) is 9.77. The van der Waals surface area contributed by atoms with Crippen molar-refractivity contribution < 1.29 is 4.84 Å². The van der Waals surface area contributed by atoms with Crippen LogP contribution in [0.1, 0.15) is 6.92 Å². The van der Waals surface area contributed by atoms with E-state index in [0.29, 0.717) is 6.61 Å². The molecule has 0 N–H and O–H groups in total. The van der Waals surface area contributed by atoms with Gasteiger partial charge in [-0.1, -0.05) is 6.08 Å². The Morgan fingerprint density at radius 1 is 1.54 bits per heavy atom. The van der Waals surface area contributed by atoms with Gasteiger partial charge in [0.15, 0.2) is 6.29 Å². The van der Waals surface area contributed by atoms with Gasteiger partial charge in [0.25, 0.3) is 0 Å². The summed E-state index contributed by atoms with van der Waals surface area (Å²) in [6, 6.07) is 0. The number of hydrogen-bond acceptors (Lipinski definition) is 4. The molecule has 0 aromatic carbocycles. The fourth-order valence-electron chi connectivity index (χ4n) is 1.60.